The summed E-state index contributed by atoms with van der Waals surface area (Å²) in [5.41, 5.74) is 15.7. The maximum Gasteiger partial charge on any atom is 0.135 e. The lowest BCUT2D eigenvalue weighted by molar-refractivity contribution is 0.669. The Hall–Kier alpha value is -8.80. The van der Waals surface area contributed by atoms with Crippen LogP contribution in [0.25, 0.3) is 132 Å². The summed E-state index contributed by atoms with van der Waals surface area (Å²) in [6.07, 6.45) is 0. The van der Waals surface area contributed by atoms with Gasteiger partial charge < -0.3 is 22.7 Å². The van der Waals surface area contributed by atoms with Gasteiger partial charge in [-0.15, -0.1) is 0 Å². The molecular formula is C60H36N4O. The van der Waals surface area contributed by atoms with Crippen LogP contribution >= 0.6 is 0 Å². The molecule has 10 aromatic carbocycles. The van der Waals surface area contributed by atoms with Crippen LogP contribution in [0, 0.1) is 0 Å². The van der Waals surface area contributed by atoms with E-state index in [1.54, 1.807) is 0 Å². The van der Waals surface area contributed by atoms with Crippen LogP contribution in [0.3, 0.4) is 0 Å². The molecule has 0 unspecified atom stereocenters. The molecule has 0 N–H and O–H groups in total. The van der Waals surface area contributed by atoms with Gasteiger partial charge in [0.15, 0.2) is 0 Å². The Balaban J connectivity index is 1.10. The molecule has 5 heterocycles. The minimum atomic E-state index is 0.882. The van der Waals surface area contributed by atoms with Crippen LogP contribution in [0.1, 0.15) is 0 Å². The fourth-order valence-electron chi connectivity index (χ4n) is 11.3. The van der Waals surface area contributed by atoms with E-state index in [1.807, 2.05) is 6.07 Å². The zero-order chi connectivity index (χ0) is 42.3. The summed E-state index contributed by atoms with van der Waals surface area (Å²) in [6, 6.07) is 79.5. The molecule has 0 atom stereocenters. The molecule has 5 aromatic heterocycles. The lowest BCUT2D eigenvalue weighted by atomic mass is 10.1. The quantitative estimate of drug-likeness (QED) is 0.174. The van der Waals surface area contributed by atoms with Crippen molar-refractivity contribution < 1.29 is 4.42 Å². The fourth-order valence-corrected chi connectivity index (χ4v) is 11.3. The number of hydrogen-bond acceptors (Lipinski definition) is 1. The van der Waals surface area contributed by atoms with Gasteiger partial charge in [0, 0.05) is 76.6 Å². The highest BCUT2D eigenvalue weighted by Crippen LogP contribution is 2.47. The predicted molar refractivity (Wildman–Crippen MR) is 271 cm³/mol. The predicted octanol–water partition coefficient (Wildman–Crippen LogP) is 16.0. The van der Waals surface area contributed by atoms with E-state index in [-0.39, 0.29) is 0 Å². The summed E-state index contributed by atoms with van der Waals surface area (Å²) in [6.45, 7) is 0. The molecule has 0 fully saturated rings. The monoisotopic (exact) mass is 828 g/mol. The first-order valence-electron chi connectivity index (χ1n) is 22.3. The summed E-state index contributed by atoms with van der Waals surface area (Å²) in [5.74, 6) is 0. The Labute approximate surface area is 371 Å². The van der Waals surface area contributed by atoms with Gasteiger partial charge in [-0.2, -0.15) is 0 Å². The number of benzene rings is 10. The molecule has 0 saturated heterocycles. The van der Waals surface area contributed by atoms with Gasteiger partial charge in [0.2, 0.25) is 0 Å². The zero-order valence-electron chi connectivity index (χ0n) is 35.0. The van der Waals surface area contributed by atoms with Gasteiger partial charge in [-0.05, 0) is 97.1 Å². The van der Waals surface area contributed by atoms with Gasteiger partial charge in [-0.3, -0.25) is 0 Å². The number of furan rings is 1. The number of nitrogens with zero attached hydrogens (tertiary/aromatic N) is 4. The second-order valence-corrected chi connectivity index (χ2v) is 17.3. The first kappa shape index (κ1) is 34.7. The van der Waals surface area contributed by atoms with E-state index >= 15 is 0 Å². The van der Waals surface area contributed by atoms with Crippen LogP contribution in [0.2, 0.25) is 0 Å². The normalized spacial score (nSPS) is 12.3. The van der Waals surface area contributed by atoms with Crippen molar-refractivity contribution in [2.45, 2.75) is 0 Å². The minimum Gasteiger partial charge on any atom is -0.456 e. The van der Waals surface area contributed by atoms with Crippen LogP contribution in [-0.4, -0.2) is 18.3 Å². The molecule has 302 valence electrons. The second-order valence-electron chi connectivity index (χ2n) is 17.3. The third-order valence-corrected chi connectivity index (χ3v) is 13.9. The van der Waals surface area contributed by atoms with E-state index in [4.69, 9.17) is 4.42 Å². The van der Waals surface area contributed by atoms with Gasteiger partial charge in [-0.1, -0.05) is 121 Å². The van der Waals surface area contributed by atoms with Crippen molar-refractivity contribution in [1.82, 2.24) is 18.3 Å². The summed E-state index contributed by atoms with van der Waals surface area (Å²) in [7, 11) is 0. The molecule has 0 radical (unpaired) electrons. The molecule has 0 aliphatic carbocycles. The molecular weight excluding hydrogens is 793 g/mol. The Kier molecular flexibility index (Phi) is 6.89. The largest absolute Gasteiger partial charge is 0.456 e. The SMILES string of the molecule is c1ccc(-n2c3ccccc3c3cc(-n4c5ccccc5c5c4ccc4c6ccc7c(c8ccccc8n7-c7ccccc7)c6n(-c6ccc7oc8ccccc8c7c6)c45)ccc32)cc1. The third-order valence-electron chi connectivity index (χ3n) is 13.9. The smallest absolute Gasteiger partial charge is 0.135 e. The molecule has 0 aliphatic rings. The van der Waals surface area contributed by atoms with E-state index in [2.05, 4.69) is 231 Å². The standard InChI is InChI=1S/C60H36N4O/c1-3-15-37(16-4-1)61-49-23-11-7-19-41(49)47-35-39(27-31-52(47)61)63-51-25-13-9-22-46(51)58-54(63)33-30-44-43-29-32-53-57(45-21-8-12-24-50(45)62(53)38-17-5-2-6-18-38)59(43)64(60(44)58)40-28-34-56-48(36-40)42-20-10-14-26-55(42)65-56/h1-36H. The number of hydrogen-bond donors (Lipinski definition) is 0. The zero-order valence-corrected chi connectivity index (χ0v) is 35.0. The average Bonchev–Trinajstić information content (AvgIpc) is 4.16. The molecule has 5 nitrogen and oxygen atoms in total. The van der Waals surface area contributed by atoms with E-state index in [1.165, 1.54) is 81.7 Å². The topological polar surface area (TPSA) is 32.9 Å². The Morgan fingerprint density at radius 3 is 1.28 bits per heavy atom. The van der Waals surface area contributed by atoms with E-state index < -0.39 is 0 Å². The van der Waals surface area contributed by atoms with Crippen LogP contribution in [0.15, 0.2) is 223 Å². The van der Waals surface area contributed by atoms with Crippen molar-refractivity contribution >= 4 is 109 Å². The third kappa shape index (κ3) is 4.65. The molecule has 5 heteroatoms. The molecule has 15 rings (SSSR count). The molecule has 0 bridgehead atoms. The minimum absolute atomic E-state index is 0.882. The Bertz CT molecular complexity index is 4460. The van der Waals surface area contributed by atoms with Crippen LogP contribution in [0.4, 0.5) is 0 Å². The number of aromatic nitrogens is 4. The van der Waals surface area contributed by atoms with Gasteiger partial charge >= 0.3 is 0 Å². The highest BCUT2D eigenvalue weighted by Gasteiger charge is 2.25. The second kappa shape index (κ2) is 12.9. The van der Waals surface area contributed by atoms with E-state index in [0.29, 0.717) is 0 Å². The Morgan fingerprint density at radius 2 is 0.646 bits per heavy atom. The van der Waals surface area contributed by atoms with Crippen LogP contribution in [-0.2, 0) is 0 Å². The maximum absolute atomic E-state index is 6.43. The molecule has 0 spiro atoms. The molecule has 65 heavy (non-hydrogen) atoms. The van der Waals surface area contributed by atoms with E-state index in [9.17, 15) is 0 Å². The van der Waals surface area contributed by atoms with Gasteiger partial charge in [0.1, 0.15) is 11.2 Å². The molecule has 15 aromatic rings. The number of para-hydroxylation sites is 6. The Morgan fingerprint density at radius 1 is 0.231 bits per heavy atom. The van der Waals surface area contributed by atoms with E-state index in [0.717, 1.165) is 50.2 Å². The summed E-state index contributed by atoms with van der Waals surface area (Å²) >= 11 is 0. The van der Waals surface area contributed by atoms with Gasteiger partial charge in [-0.25, -0.2) is 0 Å². The fraction of sp³-hybridized carbons (Fsp3) is 0. The average molecular weight is 829 g/mol. The van der Waals surface area contributed by atoms with Gasteiger partial charge in [0.05, 0.1) is 44.1 Å². The lowest BCUT2D eigenvalue weighted by Gasteiger charge is -2.12. The summed E-state index contributed by atoms with van der Waals surface area (Å²) < 4.78 is 16.3. The number of fused-ring (bicyclic) bond motifs is 17. The first-order valence-corrected chi connectivity index (χ1v) is 22.3. The van der Waals surface area contributed by atoms with Crippen molar-refractivity contribution in [3.05, 3.63) is 218 Å². The van der Waals surface area contributed by atoms with Crippen molar-refractivity contribution in [2.24, 2.45) is 0 Å². The lowest BCUT2D eigenvalue weighted by Crippen LogP contribution is -1.97. The van der Waals surface area contributed by atoms with Crippen LogP contribution in [0.5, 0.6) is 0 Å². The highest BCUT2D eigenvalue weighted by atomic mass is 16.3. The first-order chi connectivity index (χ1) is 32.3. The maximum atomic E-state index is 6.43. The number of rotatable bonds is 4. The highest BCUT2D eigenvalue weighted by molar-refractivity contribution is 6.32. The molecule has 0 amide bonds. The van der Waals surface area contributed by atoms with Crippen molar-refractivity contribution in [2.75, 3.05) is 0 Å². The summed E-state index contributed by atoms with van der Waals surface area (Å²) in [4.78, 5) is 0. The van der Waals surface area contributed by atoms with Crippen molar-refractivity contribution in [3.63, 3.8) is 0 Å². The molecule has 0 saturated carbocycles. The van der Waals surface area contributed by atoms with Crippen molar-refractivity contribution in [1.29, 1.82) is 0 Å². The molecule has 0 aliphatic heterocycles. The summed E-state index contributed by atoms with van der Waals surface area (Å²) in [5, 5.41) is 12.0. The van der Waals surface area contributed by atoms with Crippen molar-refractivity contribution in [3.8, 4) is 22.7 Å². The van der Waals surface area contributed by atoms with Gasteiger partial charge in [0.25, 0.3) is 0 Å². The van der Waals surface area contributed by atoms with Crippen LogP contribution < -0.4 is 0 Å².